The van der Waals surface area contributed by atoms with Crippen LogP contribution in [0.5, 0.6) is 0 Å². The van der Waals surface area contributed by atoms with Gasteiger partial charge in [0.2, 0.25) is 0 Å². The summed E-state index contributed by atoms with van der Waals surface area (Å²) in [5.74, 6) is 0.178. The molecule has 103 valence electrons. The summed E-state index contributed by atoms with van der Waals surface area (Å²) in [6, 6.07) is 0. The highest BCUT2D eigenvalue weighted by molar-refractivity contribution is 5.89. The summed E-state index contributed by atoms with van der Waals surface area (Å²) in [5, 5.41) is 25.2. The summed E-state index contributed by atoms with van der Waals surface area (Å²) >= 11 is 0. The highest BCUT2D eigenvalue weighted by Crippen LogP contribution is 2.35. The predicted molar refractivity (Wildman–Crippen MR) is 71.4 cm³/mol. The van der Waals surface area contributed by atoms with Crippen molar-refractivity contribution in [3.63, 3.8) is 0 Å². The highest BCUT2D eigenvalue weighted by Gasteiger charge is 2.58. The Morgan fingerprint density at radius 2 is 1.78 bits per heavy atom. The molecule has 18 heavy (non-hydrogen) atoms. The molecule has 0 aromatic heterocycles. The number of hydroxylamine groups is 3. The summed E-state index contributed by atoms with van der Waals surface area (Å²) in [6.45, 7) is 12.9. The Morgan fingerprint density at radius 1 is 1.28 bits per heavy atom. The van der Waals surface area contributed by atoms with Crippen molar-refractivity contribution in [3.05, 3.63) is 17.5 Å². The van der Waals surface area contributed by atoms with Gasteiger partial charge in [-0.25, -0.2) is 0 Å². The van der Waals surface area contributed by atoms with E-state index in [9.17, 15) is 10.4 Å². The van der Waals surface area contributed by atoms with Gasteiger partial charge in [0.05, 0.1) is 0 Å². The van der Waals surface area contributed by atoms with E-state index in [4.69, 9.17) is 0 Å². The molecule has 0 aromatic carbocycles. The van der Waals surface area contributed by atoms with Crippen LogP contribution < -0.4 is 0 Å². The zero-order valence-electron chi connectivity index (χ0n) is 12.2. The van der Waals surface area contributed by atoms with E-state index in [1.165, 1.54) is 0 Å². The van der Waals surface area contributed by atoms with Crippen molar-refractivity contribution in [2.75, 3.05) is 13.1 Å². The van der Waals surface area contributed by atoms with Gasteiger partial charge in [0, 0.05) is 30.6 Å². The molecule has 0 spiro atoms. The van der Waals surface area contributed by atoms with E-state index >= 15 is 0 Å². The van der Waals surface area contributed by atoms with Crippen molar-refractivity contribution in [3.8, 4) is 0 Å². The van der Waals surface area contributed by atoms with Crippen molar-refractivity contribution < 1.29 is 9.95 Å². The Bertz CT molecular complexity index is 368. The van der Waals surface area contributed by atoms with Gasteiger partial charge in [0.25, 0.3) is 0 Å². The minimum atomic E-state index is -0.738. The second-order valence-electron chi connectivity index (χ2n) is 5.60. The molecule has 1 radical (unpaired) electrons. The van der Waals surface area contributed by atoms with Crippen LogP contribution in [-0.2, 0) is 5.21 Å². The summed E-state index contributed by atoms with van der Waals surface area (Å²) in [7, 11) is 0. The van der Waals surface area contributed by atoms with Crippen LogP contribution in [-0.4, -0.2) is 44.7 Å². The maximum absolute atomic E-state index is 12.2. The molecule has 0 atom stereocenters. The Kier molecular flexibility index (Phi) is 3.96. The van der Waals surface area contributed by atoms with Crippen LogP contribution in [0.4, 0.5) is 0 Å². The van der Waals surface area contributed by atoms with Gasteiger partial charge >= 0.3 is 5.84 Å². The molecule has 0 N–H and O–H groups in total. The van der Waals surface area contributed by atoms with Gasteiger partial charge in [-0.2, -0.15) is 0 Å². The fraction of sp³-hybridized carbons (Fsp3) is 0.769. The predicted octanol–water partition coefficient (Wildman–Crippen LogP) is 1.97. The van der Waals surface area contributed by atoms with E-state index in [1.54, 1.807) is 33.8 Å². The van der Waals surface area contributed by atoms with E-state index < -0.39 is 11.1 Å². The third kappa shape index (κ3) is 2.07. The fourth-order valence-electron chi connectivity index (χ4n) is 1.89. The second kappa shape index (κ2) is 4.80. The molecule has 0 amide bonds. The van der Waals surface area contributed by atoms with E-state index in [0.29, 0.717) is 0 Å². The number of hydrogen-bond acceptors (Lipinski definition) is 3. The van der Waals surface area contributed by atoms with Crippen LogP contribution in [0.1, 0.15) is 41.5 Å². The molecule has 1 aliphatic rings. The van der Waals surface area contributed by atoms with Gasteiger partial charge in [0.15, 0.2) is 5.54 Å². The lowest BCUT2D eigenvalue weighted by molar-refractivity contribution is -0.539. The summed E-state index contributed by atoms with van der Waals surface area (Å²) in [4.78, 5) is 2.03. The zero-order valence-corrected chi connectivity index (χ0v) is 12.2. The zero-order chi connectivity index (χ0) is 14.1. The topological polar surface area (TPSA) is 52.4 Å². The standard InChI is InChI=1S/C13H24N3O2/c1-7-14(8-2)10-9-11-15(17)12(3,4)13(5,6)16(11)18/h9-10H,7-8H2,1-6H3/b10-9+. The molecule has 0 aliphatic carbocycles. The highest BCUT2D eigenvalue weighted by atomic mass is 16.5. The number of amidine groups is 1. The van der Waals surface area contributed by atoms with Gasteiger partial charge in [-0.3, -0.25) is 4.74 Å². The minimum Gasteiger partial charge on any atom is -0.714 e. The van der Waals surface area contributed by atoms with Crippen molar-refractivity contribution in [2.24, 2.45) is 0 Å². The van der Waals surface area contributed by atoms with Crippen molar-refractivity contribution >= 4 is 5.84 Å². The summed E-state index contributed by atoms with van der Waals surface area (Å²) in [6.07, 6.45) is 3.42. The van der Waals surface area contributed by atoms with Gasteiger partial charge in [-0.15, -0.1) is 0 Å². The molecule has 1 aliphatic heterocycles. The maximum atomic E-state index is 12.2. The van der Waals surface area contributed by atoms with Crippen LogP contribution in [0.15, 0.2) is 12.3 Å². The quantitative estimate of drug-likeness (QED) is 0.569. The van der Waals surface area contributed by atoms with Crippen LogP contribution in [0.2, 0.25) is 0 Å². The Morgan fingerprint density at radius 3 is 2.11 bits per heavy atom. The Balaban J connectivity index is 3.06. The van der Waals surface area contributed by atoms with Crippen LogP contribution in [0.25, 0.3) is 0 Å². The van der Waals surface area contributed by atoms with E-state index in [0.717, 1.165) is 22.9 Å². The molecule has 0 saturated carbocycles. The largest absolute Gasteiger partial charge is 0.714 e. The van der Waals surface area contributed by atoms with Gasteiger partial charge < -0.3 is 10.1 Å². The molecule has 0 bridgehead atoms. The van der Waals surface area contributed by atoms with E-state index in [2.05, 4.69) is 0 Å². The first kappa shape index (κ1) is 14.8. The van der Waals surface area contributed by atoms with Crippen molar-refractivity contribution in [1.29, 1.82) is 0 Å². The minimum absolute atomic E-state index is 0.178. The molecular formula is C13H24N3O2. The average Bonchev–Trinajstić information content (AvgIpc) is 2.42. The van der Waals surface area contributed by atoms with Crippen LogP contribution in [0.3, 0.4) is 0 Å². The lowest BCUT2D eigenvalue weighted by atomic mass is 9.84. The first-order chi connectivity index (χ1) is 8.20. The van der Waals surface area contributed by atoms with Gasteiger partial charge in [-0.05, 0) is 41.5 Å². The maximum Gasteiger partial charge on any atom is 0.310 e. The summed E-state index contributed by atoms with van der Waals surface area (Å²) < 4.78 is 0.819. The smallest absolute Gasteiger partial charge is 0.310 e. The second-order valence-corrected chi connectivity index (χ2v) is 5.60. The lowest BCUT2D eigenvalue weighted by Gasteiger charge is -2.32. The molecule has 5 heteroatoms. The normalized spacial score (nSPS) is 22.1. The van der Waals surface area contributed by atoms with Gasteiger partial charge in [0.1, 0.15) is 5.54 Å². The van der Waals surface area contributed by atoms with Crippen molar-refractivity contribution in [1.82, 2.24) is 9.96 Å². The monoisotopic (exact) mass is 254 g/mol. The van der Waals surface area contributed by atoms with E-state index in [1.807, 2.05) is 24.9 Å². The number of nitrogens with zero attached hydrogens (tertiary/aromatic N) is 3. The molecule has 1 heterocycles. The molecular weight excluding hydrogens is 230 g/mol. The van der Waals surface area contributed by atoms with Crippen molar-refractivity contribution in [2.45, 2.75) is 52.6 Å². The lowest BCUT2D eigenvalue weighted by Crippen LogP contribution is -2.53. The number of hydrogen-bond donors (Lipinski definition) is 0. The first-order valence-corrected chi connectivity index (χ1v) is 6.44. The number of rotatable bonds is 4. The van der Waals surface area contributed by atoms with Crippen LogP contribution in [0, 0.1) is 5.21 Å². The third-order valence-corrected chi connectivity index (χ3v) is 4.18. The molecule has 0 unspecified atom stereocenters. The average molecular weight is 254 g/mol. The first-order valence-electron chi connectivity index (χ1n) is 6.44. The fourth-order valence-corrected chi connectivity index (χ4v) is 1.89. The molecule has 0 saturated heterocycles. The Labute approximate surface area is 110 Å². The Hall–Kier alpha value is -1.23. The molecule has 0 fully saturated rings. The molecule has 0 aromatic rings. The molecule has 5 nitrogen and oxygen atoms in total. The third-order valence-electron chi connectivity index (χ3n) is 4.18. The van der Waals surface area contributed by atoms with Gasteiger partial charge in [-0.1, -0.05) is 5.06 Å². The molecule has 1 rings (SSSR count). The summed E-state index contributed by atoms with van der Waals surface area (Å²) in [5.41, 5.74) is -1.48. The van der Waals surface area contributed by atoms with E-state index in [-0.39, 0.29) is 5.84 Å². The SMILES string of the molecule is CCN(/C=C/C1=[N+]([O-])C(C)(C)C(C)(C)N1[O])CC. The van der Waals surface area contributed by atoms with Crippen LogP contribution >= 0.6 is 0 Å².